The Hall–Kier alpha value is -1.20. The van der Waals surface area contributed by atoms with E-state index in [0.717, 1.165) is 43.2 Å². The Morgan fingerprint density at radius 2 is 2.00 bits per heavy atom. The van der Waals surface area contributed by atoms with Crippen molar-refractivity contribution in [2.24, 2.45) is 0 Å². The lowest BCUT2D eigenvalue weighted by molar-refractivity contribution is 0.254. The van der Waals surface area contributed by atoms with Crippen molar-refractivity contribution in [3.05, 3.63) is 18.1 Å². The van der Waals surface area contributed by atoms with E-state index in [4.69, 9.17) is 4.98 Å². The van der Waals surface area contributed by atoms with Gasteiger partial charge in [0, 0.05) is 44.0 Å². The molecule has 3 fully saturated rings. The van der Waals surface area contributed by atoms with Gasteiger partial charge in [-0.2, -0.15) is 0 Å². The summed E-state index contributed by atoms with van der Waals surface area (Å²) in [5.41, 5.74) is 1.07. The van der Waals surface area contributed by atoms with Crippen LogP contribution in [0.25, 0.3) is 0 Å². The second-order valence-electron chi connectivity index (χ2n) is 6.81. The standard InChI is InChI=1S/C16H25N5/c1-20-14-4-5-15(20)11-21(7-6-14)16-10-17-8-13(19-16)9-18-12-2-3-12/h8,10,12,14-15,18H,2-7,9,11H2,1H3. The van der Waals surface area contributed by atoms with E-state index in [0.29, 0.717) is 6.04 Å². The second kappa shape index (κ2) is 5.54. The molecule has 4 rings (SSSR count). The van der Waals surface area contributed by atoms with E-state index in [9.17, 15) is 0 Å². The predicted octanol–water partition coefficient (Wildman–Crippen LogP) is 1.40. The van der Waals surface area contributed by atoms with E-state index in [1.165, 1.54) is 32.1 Å². The summed E-state index contributed by atoms with van der Waals surface area (Å²) in [5.74, 6) is 1.06. The van der Waals surface area contributed by atoms with Gasteiger partial charge in [-0.15, -0.1) is 0 Å². The van der Waals surface area contributed by atoms with Crippen molar-refractivity contribution in [2.75, 3.05) is 25.0 Å². The van der Waals surface area contributed by atoms with Crippen molar-refractivity contribution in [3.63, 3.8) is 0 Å². The van der Waals surface area contributed by atoms with Gasteiger partial charge in [0.05, 0.1) is 11.9 Å². The van der Waals surface area contributed by atoms with Crippen LogP contribution in [0.5, 0.6) is 0 Å². The van der Waals surface area contributed by atoms with E-state index in [1.807, 2.05) is 12.4 Å². The lowest BCUT2D eigenvalue weighted by atomic mass is 10.1. The highest BCUT2D eigenvalue weighted by molar-refractivity contribution is 5.37. The van der Waals surface area contributed by atoms with Gasteiger partial charge in [-0.1, -0.05) is 0 Å². The summed E-state index contributed by atoms with van der Waals surface area (Å²) < 4.78 is 0. The Balaban J connectivity index is 1.46. The fourth-order valence-electron chi connectivity index (χ4n) is 3.69. The van der Waals surface area contributed by atoms with Gasteiger partial charge >= 0.3 is 0 Å². The van der Waals surface area contributed by atoms with E-state index in [1.54, 1.807) is 0 Å². The lowest BCUT2D eigenvalue weighted by Crippen LogP contribution is -2.37. The van der Waals surface area contributed by atoms with Gasteiger partial charge in [-0.25, -0.2) is 4.98 Å². The van der Waals surface area contributed by atoms with Crippen molar-refractivity contribution in [3.8, 4) is 0 Å². The molecule has 2 aliphatic heterocycles. The minimum atomic E-state index is 0.688. The monoisotopic (exact) mass is 287 g/mol. The van der Waals surface area contributed by atoms with Crippen molar-refractivity contribution >= 4 is 5.82 Å². The average molecular weight is 287 g/mol. The quantitative estimate of drug-likeness (QED) is 0.907. The number of anilines is 1. The third-order valence-corrected chi connectivity index (χ3v) is 5.29. The van der Waals surface area contributed by atoms with Crippen LogP contribution in [-0.2, 0) is 6.54 Å². The maximum absolute atomic E-state index is 4.83. The number of nitrogens with one attached hydrogen (secondary N) is 1. The largest absolute Gasteiger partial charge is 0.354 e. The maximum Gasteiger partial charge on any atom is 0.147 e. The van der Waals surface area contributed by atoms with Crippen molar-refractivity contribution in [1.82, 2.24) is 20.2 Å². The van der Waals surface area contributed by atoms with Crippen molar-refractivity contribution in [2.45, 2.75) is 56.8 Å². The number of hydrogen-bond donors (Lipinski definition) is 1. The molecule has 1 aromatic heterocycles. The highest BCUT2D eigenvalue weighted by atomic mass is 15.3. The molecule has 0 spiro atoms. The van der Waals surface area contributed by atoms with Gasteiger partial charge in [0.2, 0.25) is 0 Å². The zero-order valence-corrected chi connectivity index (χ0v) is 12.8. The van der Waals surface area contributed by atoms with Gasteiger partial charge < -0.3 is 10.2 Å². The molecule has 1 N–H and O–H groups in total. The van der Waals surface area contributed by atoms with Gasteiger partial charge in [-0.3, -0.25) is 9.88 Å². The molecule has 0 aromatic carbocycles. The normalized spacial score (nSPS) is 29.7. The molecule has 114 valence electrons. The predicted molar refractivity (Wildman–Crippen MR) is 83.3 cm³/mol. The summed E-state index contributed by atoms with van der Waals surface area (Å²) >= 11 is 0. The number of hydrogen-bond acceptors (Lipinski definition) is 5. The topological polar surface area (TPSA) is 44.3 Å². The molecule has 0 radical (unpaired) electrons. The minimum absolute atomic E-state index is 0.688. The summed E-state index contributed by atoms with van der Waals surface area (Å²) in [6.45, 7) is 3.06. The molecular formula is C16H25N5. The molecule has 5 nitrogen and oxygen atoms in total. The van der Waals surface area contributed by atoms with Crippen LogP contribution in [0.2, 0.25) is 0 Å². The second-order valence-corrected chi connectivity index (χ2v) is 6.81. The van der Waals surface area contributed by atoms with E-state index in [2.05, 4.69) is 27.1 Å². The maximum atomic E-state index is 4.83. The molecule has 1 saturated carbocycles. The van der Waals surface area contributed by atoms with E-state index < -0.39 is 0 Å². The first kappa shape index (κ1) is 13.5. The fraction of sp³-hybridized carbons (Fsp3) is 0.750. The Morgan fingerprint density at radius 1 is 1.14 bits per heavy atom. The van der Waals surface area contributed by atoms with Gasteiger partial charge in [0.1, 0.15) is 5.82 Å². The van der Waals surface area contributed by atoms with Gasteiger partial charge in [-0.05, 0) is 39.2 Å². The molecule has 5 heteroatoms. The van der Waals surface area contributed by atoms with Crippen molar-refractivity contribution < 1.29 is 0 Å². The fourth-order valence-corrected chi connectivity index (χ4v) is 3.69. The van der Waals surface area contributed by atoms with Gasteiger partial charge in [0.15, 0.2) is 0 Å². The summed E-state index contributed by atoms with van der Waals surface area (Å²) in [6.07, 6.45) is 10.4. The molecule has 3 heterocycles. The van der Waals surface area contributed by atoms with Crippen LogP contribution in [0.4, 0.5) is 5.82 Å². The van der Waals surface area contributed by atoms with Gasteiger partial charge in [0.25, 0.3) is 0 Å². The first-order chi connectivity index (χ1) is 10.3. The summed E-state index contributed by atoms with van der Waals surface area (Å²) in [4.78, 5) is 14.3. The third-order valence-electron chi connectivity index (χ3n) is 5.29. The SMILES string of the molecule is CN1C2CCC1CN(c1cncc(CNC3CC3)n1)CC2. The average Bonchev–Trinajstić information content (AvgIpc) is 3.25. The third kappa shape index (κ3) is 2.90. The molecule has 0 amide bonds. The smallest absolute Gasteiger partial charge is 0.147 e. The molecular weight excluding hydrogens is 262 g/mol. The number of rotatable bonds is 4. The molecule has 2 unspecified atom stereocenters. The minimum Gasteiger partial charge on any atom is -0.354 e. The van der Waals surface area contributed by atoms with Crippen LogP contribution in [-0.4, -0.2) is 53.1 Å². The molecule has 2 atom stereocenters. The summed E-state index contributed by atoms with van der Waals surface area (Å²) in [7, 11) is 2.29. The highest BCUT2D eigenvalue weighted by Crippen LogP contribution is 2.30. The molecule has 1 aliphatic carbocycles. The first-order valence-corrected chi connectivity index (χ1v) is 8.31. The van der Waals surface area contributed by atoms with Crippen molar-refractivity contribution in [1.29, 1.82) is 0 Å². The number of likely N-dealkylation sites (N-methyl/N-ethyl adjacent to an activating group) is 1. The number of fused-ring (bicyclic) bond motifs is 2. The summed E-state index contributed by atoms with van der Waals surface area (Å²) in [6, 6.07) is 2.18. The highest BCUT2D eigenvalue weighted by Gasteiger charge is 2.35. The van der Waals surface area contributed by atoms with Crippen LogP contribution >= 0.6 is 0 Å². The Bertz CT molecular complexity index is 501. The van der Waals surface area contributed by atoms with Crippen LogP contribution in [0.15, 0.2) is 12.4 Å². The van der Waals surface area contributed by atoms with Crippen LogP contribution < -0.4 is 10.2 Å². The molecule has 2 bridgehead atoms. The zero-order valence-electron chi connectivity index (χ0n) is 12.8. The number of aromatic nitrogens is 2. The Morgan fingerprint density at radius 3 is 2.86 bits per heavy atom. The molecule has 21 heavy (non-hydrogen) atoms. The Labute approximate surface area is 126 Å². The van der Waals surface area contributed by atoms with Crippen LogP contribution in [0, 0.1) is 0 Å². The van der Waals surface area contributed by atoms with E-state index in [-0.39, 0.29) is 0 Å². The molecule has 3 aliphatic rings. The first-order valence-electron chi connectivity index (χ1n) is 8.31. The zero-order chi connectivity index (χ0) is 14.2. The van der Waals surface area contributed by atoms with E-state index >= 15 is 0 Å². The summed E-state index contributed by atoms with van der Waals surface area (Å²) in [5, 5.41) is 3.52. The van der Waals surface area contributed by atoms with Crippen LogP contribution in [0.1, 0.15) is 37.8 Å². The van der Waals surface area contributed by atoms with Crippen LogP contribution in [0.3, 0.4) is 0 Å². The lowest BCUT2D eigenvalue weighted by Gasteiger charge is -2.26. The molecule has 2 saturated heterocycles. The Kier molecular flexibility index (Phi) is 3.55. The molecule has 1 aromatic rings. The number of nitrogens with zero attached hydrogens (tertiary/aromatic N) is 4.